The Morgan fingerprint density at radius 2 is 1.58 bits per heavy atom. The second-order valence-electron chi connectivity index (χ2n) is 3.08. The molecule has 0 saturated heterocycles. The minimum atomic E-state index is -3.84. The van der Waals surface area contributed by atoms with Crippen molar-refractivity contribution in [3.05, 3.63) is 0 Å². The van der Waals surface area contributed by atoms with Crippen LogP contribution in [0.3, 0.4) is 0 Å². The molecule has 0 bridgehead atoms. The topological polar surface area (TPSA) is 26.3 Å². The molecule has 0 rings (SSSR count). The van der Waals surface area contributed by atoms with Crippen molar-refractivity contribution in [1.82, 2.24) is 0 Å². The second kappa shape index (κ2) is 4.38. The predicted octanol–water partition coefficient (Wildman–Crippen LogP) is 3.76. The van der Waals surface area contributed by atoms with Crippen LogP contribution in [0, 0.1) is 0 Å². The van der Waals surface area contributed by atoms with Crippen molar-refractivity contribution >= 4 is 7.68 Å². The lowest BCUT2D eigenvalue weighted by Crippen LogP contribution is -2.28. The zero-order chi connectivity index (χ0) is 9.83. The lowest BCUT2D eigenvalue weighted by Gasteiger charge is -2.30. The zero-order valence-electron chi connectivity index (χ0n) is 8.26. The van der Waals surface area contributed by atoms with E-state index >= 15 is 0 Å². The fraction of sp³-hybridized carbons (Fsp3) is 1.00. The lowest BCUT2D eigenvalue weighted by molar-refractivity contribution is 0.0523. The Morgan fingerprint density at radius 1 is 1.25 bits per heavy atom. The standard InChI is InChI=1S/C8H18FO2P/c1-5-8(6-2,7-3)11-12(4,9)10/h5-7H2,1-4H3. The Balaban J connectivity index is 4.41. The van der Waals surface area contributed by atoms with Crippen LogP contribution < -0.4 is 0 Å². The fourth-order valence-electron chi connectivity index (χ4n) is 1.29. The summed E-state index contributed by atoms with van der Waals surface area (Å²) < 4.78 is 28.6. The molecule has 4 heteroatoms. The lowest BCUT2D eigenvalue weighted by atomic mass is 9.95. The fourth-order valence-corrected chi connectivity index (χ4v) is 2.37. The minimum absolute atomic E-state index is 0.529. The van der Waals surface area contributed by atoms with E-state index in [-0.39, 0.29) is 0 Å². The van der Waals surface area contributed by atoms with Crippen molar-refractivity contribution < 1.29 is 13.3 Å². The SMILES string of the molecule is CCC(CC)(CC)OP(C)(=O)F. The number of halogens is 1. The van der Waals surface area contributed by atoms with Gasteiger partial charge in [-0.3, -0.25) is 9.09 Å². The minimum Gasteiger partial charge on any atom is -0.299 e. The van der Waals surface area contributed by atoms with E-state index in [1.54, 1.807) is 0 Å². The highest BCUT2D eigenvalue weighted by molar-refractivity contribution is 7.52. The first-order chi connectivity index (χ1) is 5.39. The van der Waals surface area contributed by atoms with Gasteiger partial charge in [-0.25, -0.2) is 0 Å². The number of rotatable bonds is 5. The molecule has 0 heterocycles. The van der Waals surface area contributed by atoms with Crippen molar-refractivity contribution in [3.8, 4) is 0 Å². The van der Waals surface area contributed by atoms with Crippen molar-refractivity contribution in [2.24, 2.45) is 0 Å². The molecule has 0 aromatic rings. The van der Waals surface area contributed by atoms with Crippen LogP contribution >= 0.6 is 7.68 Å². The molecule has 0 aliphatic carbocycles. The van der Waals surface area contributed by atoms with Crippen LogP contribution in [0.25, 0.3) is 0 Å². The average molecular weight is 196 g/mol. The highest BCUT2D eigenvalue weighted by atomic mass is 31.2. The van der Waals surface area contributed by atoms with E-state index in [0.717, 1.165) is 6.66 Å². The molecule has 0 amide bonds. The summed E-state index contributed by atoms with van der Waals surface area (Å²) >= 11 is 0. The van der Waals surface area contributed by atoms with Gasteiger partial charge in [-0.1, -0.05) is 20.8 Å². The average Bonchev–Trinajstić information content (AvgIpc) is 1.99. The van der Waals surface area contributed by atoms with Gasteiger partial charge in [0, 0.05) is 6.66 Å². The monoisotopic (exact) mass is 196 g/mol. The van der Waals surface area contributed by atoms with Gasteiger partial charge >= 0.3 is 7.68 Å². The van der Waals surface area contributed by atoms with Gasteiger partial charge in [0.25, 0.3) is 0 Å². The molecule has 0 aliphatic heterocycles. The number of hydrogen-bond donors (Lipinski definition) is 0. The van der Waals surface area contributed by atoms with Gasteiger partial charge in [0.1, 0.15) is 0 Å². The molecule has 1 atom stereocenters. The van der Waals surface area contributed by atoms with Gasteiger partial charge in [-0.15, -0.1) is 0 Å². The van der Waals surface area contributed by atoms with E-state index in [2.05, 4.69) is 0 Å². The smallest absolute Gasteiger partial charge is 0.299 e. The van der Waals surface area contributed by atoms with E-state index in [1.165, 1.54) is 0 Å². The van der Waals surface area contributed by atoms with Crippen molar-refractivity contribution in [3.63, 3.8) is 0 Å². The molecule has 74 valence electrons. The Bertz CT molecular complexity index is 164. The van der Waals surface area contributed by atoms with Crippen LogP contribution in [0.15, 0.2) is 0 Å². The van der Waals surface area contributed by atoms with Crippen LogP contribution in [0.2, 0.25) is 0 Å². The van der Waals surface area contributed by atoms with Crippen molar-refractivity contribution in [2.45, 2.75) is 45.6 Å². The Morgan fingerprint density at radius 3 is 1.67 bits per heavy atom. The van der Waals surface area contributed by atoms with Crippen molar-refractivity contribution in [1.29, 1.82) is 0 Å². The molecule has 0 saturated carbocycles. The summed E-state index contributed by atoms with van der Waals surface area (Å²) in [6, 6.07) is 0. The highest BCUT2D eigenvalue weighted by Gasteiger charge is 2.32. The molecule has 0 radical (unpaired) electrons. The molecule has 1 unspecified atom stereocenters. The summed E-state index contributed by atoms with van der Waals surface area (Å²) in [7, 11) is -3.84. The largest absolute Gasteiger partial charge is 0.365 e. The molecular weight excluding hydrogens is 178 g/mol. The molecule has 2 nitrogen and oxygen atoms in total. The third kappa shape index (κ3) is 3.68. The Kier molecular flexibility index (Phi) is 4.43. The molecular formula is C8H18FO2P. The highest BCUT2D eigenvalue weighted by Crippen LogP contribution is 2.50. The van der Waals surface area contributed by atoms with E-state index in [1.807, 2.05) is 20.8 Å². The van der Waals surface area contributed by atoms with Gasteiger partial charge in [0.15, 0.2) is 0 Å². The maximum absolute atomic E-state index is 12.8. The third-order valence-electron chi connectivity index (χ3n) is 2.29. The van der Waals surface area contributed by atoms with Gasteiger partial charge < -0.3 is 0 Å². The van der Waals surface area contributed by atoms with E-state index in [4.69, 9.17) is 4.52 Å². The second-order valence-corrected chi connectivity index (χ2v) is 4.76. The first kappa shape index (κ1) is 12.1. The first-order valence-electron chi connectivity index (χ1n) is 4.37. The number of hydrogen-bond acceptors (Lipinski definition) is 2. The van der Waals surface area contributed by atoms with E-state index in [9.17, 15) is 8.76 Å². The summed E-state index contributed by atoms with van der Waals surface area (Å²) in [5, 5.41) is 0. The maximum atomic E-state index is 12.8. The first-order valence-corrected chi connectivity index (χ1v) is 6.33. The predicted molar refractivity (Wildman–Crippen MR) is 49.3 cm³/mol. The van der Waals surface area contributed by atoms with Crippen LogP contribution in [-0.4, -0.2) is 12.3 Å². The van der Waals surface area contributed by atoms with E-state index < -0.39 is 13.3 Å². The van der Waals surface area contributed by atoms with Gasteiger partial charge in [-0.2, -0.15) is 4.20 Å². The van der Waals surface area contributed by atoms with Gasteiger partial charge in [-0.05, 0) is 19.3 Å². The Hall–Kier alpha value is 0.120. The molecule has 0 aromatic carbocycles. The normalized spacial score (nSPS) is 17.4. The van der Waals surface area contributed by atoms with Gasteiger partial charge in [0.2, 0.25) is 0 Å². The quantitative estimate of drug-likeness (QED) is 0.625. The van der Waals surface area contributed by atoms with Crippen LogP contribution in [0.4, 0.5) is 4.20 Å². The van der Waals surface area contributed by atoms with Gasteiger partial charge in [0.05, 0.1) is 5.60 Å². The van der Waals surface area contributed by atoms with Crippen LogP contribution in [0.5, 0.6) is 0 Å². The van der Waals surface area contributed by atoms with Crippen LogP contribution in [0.1, 0.15) is 40.0 Å². The summed E-state index contributed by atoms with van der Waals surface area (Å²) in [6.45, 7) is 6.77. The third-order valence-corrected chi connectivity index (χ3v) is 3.00. The maximum Gasteiger partial charge on any atom is 0.365 e. The molecule has 12 heavy (non-hydrogen) atoms. The van der Waals surface area contributed by atoms with Crippen molar-refractivity contribution in [2.75, 3.05) is 6.66 Å². The summed E-state index contributed by atoms with van der Waals surface area (Å²) in [5.41, 5.74) is -0.529. The molecule has 0 aliphatic rings. The zero-order valence-corrected chi connectivity index (χ0v) is 9.16. The van der Waals surface area contributed by atoms with Crippen LogP contribution in [-0.2, 0) is 9.09 Å². The summed E-state index contributed by atoms with van der Waals surface area (Å²) in [6.07, 6.45) is 2.09. The Labute approximate surface area is 74.1 Å². The molecule has 0 fully saturated rings. The summed E-state index contributed by atoms with van der Waals surface area (Å²) in [4.78, 5) is 0. The van der Waals surface area contributed by atoms with E-state index in [0.29, 0.717) is 19.3 Å². The molecule has 0 aromatic heterocycles. The molecule has 0 N–H and O–H groups in total. The molecule has 0 spiro atoms. The summed E-state index contributed by atoms with van der Waals surface area (Å²) in [5.74, 6) is 0.